The van der Waals surface area contributed by atoms with Crippen molar-refractivity contribution in [2.75, 3.05) is 49.1 Å². The van der Waals surface area contributed by atoms with Crippen molar-refractivity contribution in [3.05, 3.63) is 48.4 Å². The number of hydrogen-bond donors (Lipinski definition) is 0. The first-order valence-electron chi connectivity index (χ1n) is 9.87. The second-order valence-corrected chi connectivity index (χ2v) is 7.54. The molecule has 2 aliphatic rings. The van der Waals surface area contributed by atoms with Crippen LogP contribution in [0, 0.1) is 5.92 Å². The van der Waals surface area contributed by atoms with E-state index in [0.717, 1.165) is 57.9 Å². The molecule has 2 aliphatic heterocycles. The molecule has 0 spiro atoms. The Morgan fingerprint density at radius 1 is 0.889 bits per heavy atom. The van der Waals surface area contributed by atoms with Gasteiger partial charge >= 0.3 is 0 Å². The van der Waals surface area contributed by atoms with Crippen LogP contribution in [0.25, 0.3) is 0 Å². The SMILES string of the molecule is CC1CCN(C(=O)c2cnc(N3CCN(c4ccccc4)CC3)cn2)CC1. The Labute approximate surface area is 160 Å². The lowest BCUT2D eigenvalue weighted by atomic mass is 9.99. The lowest BCUT2D eigenvalue weighted by Gasteiger charge is -2.36. The first kappa shape index (κ1) is 17.8. The summed E-state index contributed by atoms with van der Waals surface area (Å²) in [7, 11) is 0. The van der Waals surface area contributed by atoms with E-state index in [2.05, 4.69) is 51.0 Å². The summed E-state index contributed by atoms with van der Waals surface area (Å²) in [6, 6.07) is 10.5. The van der Waals surface area contributed by atoms with Gasteiger partial charge in [-0.2, -0.15) is 0 Å². The summed E-state index contributed by atoms with van der Waals surface area (Å²) in [4.78, 5) is 28.1. The van der Waals surface area contributed by atoms with Gasteiger partial charge < -0.3 is 14.7 Å². The summed E-state index contributed by atoms with van der Waals surface area (Å²) in [5, 5.41) is 0. The number of rotatable bonds is 3. The van der Waals surface area contributed by atoms with E-state index >= 15 is 0 Å². The monoisotopic (exact) mass is 365 g/mol. The summed E-state index contributed by atoms with van der Waals surface area (Å²) in [6.07, 6.45) is 5.53. The molecule has 1 aromatic heterocycles. The van der Waals surface area contributed by atoms with Gasteiger partial charge in [0.15, 0.2) is 0 Å². The van der Waals surface area contributed by atoms with Gasteiger partial charge in [-0.15, -0.1) is 0 Å². The van der Waals surface area contributed by atoms with E-state index in [4.69, 9.17) is 0 Å². The zero-order valence-corrected chi connectivity index (χ0v) is 15.9. The number of aromatic nitrogens is 2. The zero-order chi connectivity index (χ0) is 18.6. The number of likely N-dealkylation sites (tertiary alicyclic amines) is 1. The van der Waals surface area contributed by atoms with Crippen molar-refractivity contribution < 1.29 is 4.79 Å². The number of para-hydroxylation sites is 1. The van der Waals surface area contributed by atoms with E-state index in [9.17, 15) is 4.79 Å². The fraction of sp³-hybridized carbons (Fsp3) is 0.476. The number of benzene rings is 1. The van der Waals surface area contributed by atoms with E-state index in [1.54, 1.807) is 12.4 Å². The molecule has 6 nitrogen and oxygen atoms in total. The van der Waals surface area contributed by atoms with Crippen LogP contribution in [0.1, 0.15) is 30.3 Å². The summed E-state index contributed by atoms with van der Waals surface area (Å²) < 4.78 is 0. The van der Waals surface area contributed by atoms with Crippen LogP contribution in [0.15, 0.2) is 42.7 Å². The average Bonchev–Trinajstić information content (AvgIpc) is 2.75. The van der Waals surface area contributed by atoms with Gasteiger partial charge in [-0.05, 0) is 30.9 Å². The lowest BCUT2D eigenvalue weighted by Crippen LogP contribution is -2.47. The molecule has 4 rings (SSSR count). The van der Waals surface area contributed by atoms with Gasteiger partial charge in [-0.25, -0.2) is 9.97 Å². The Balaban J connectivity index is 1.35. The molecule has 0 unspecified atom stereocenters. The van der Waals surface area contributed by atoms with Crippen molar-refractivity contribution in [3.8, 4) is 0 Å². The molecule has 0 atom stereocenters. The summed E-state index contributed by atoms with van der Waals surface area (Å²) in [5.41, 5.74) is 1.72. The van der Waals surface area contributed by atoms with E-state index < -0.39 is 0 Å². The number of hydrogen-bond acceptors (Lipinski definition) is 5. The van der Waals surface area contributed by atoms with Gasteiger partial charge in [0.2, 0.25) is 0 Å². The normalized spacial score (nSPS) is 18.6. The lowest BCUT2D eigenvalue weighted by molar-refractivity contribution is 0.0691. The molecule has 3 heterocycles. The quantitative estimate of drug-likeness (QED) is 0.837. The number of piperidine rings is 1. The van der Waals surface area contributed by atoms with Crippen LogP contribution in [-0.2, 0) is 0 Å². The maximum absolute atomic E-state index is 12.6. The molecular formula is C21H27N5O. The Morgan fingerprint density at radius 3 is 2.19 bits per heavy atom. The molecule has 0 radical (unpaired) electrons. The largest absolute Gasteiger partial charge is 0.368 e. The van der Waals surface area contributed by atoms with Gasteiger partial charge in [0.05, 0.1) is 12.4 Å². The number of nitrogens with zero attached hydrogens (tertiary/aromatic N) is 5. The van der Waals surface area contributed by atoms with Gasteiger partial charge in [0.25, 0.3) is 5.91 Å². The Kier molecular flexibility index (Phi) is 5.23. The molecule has 27 heavy (non-hydrogen) atoms. The topological polar surface area (TPSA) is 52.6 Å². The number of anilines is 2. The third-order valence-corrected chi connectivity index (χ3v) is 5.65. The summed E-state index contributed by atoms with van der Waals surface area (Å²) >= 11 is 0. The van der Waals surface area contributed by atoms with Gasteiger partial charge in [0, 0.05) is 45.0 Å². The van der Waals surface area contributed by atoms with Crippen LogP contribution < -0.4 is 9.80 Å². The van der Waals surface area contributed by atoms with Crippen LogP contribution in [0.2, 0.25) is 0 Å². The molecule has 142 valence electrons. The fourth-order valence-electron chi connectivity index (χ4n) is 3.80. The molecule has 2 fully saturated rings. The highest BCUT2D eigenvalue weighted by atomic mass is 16.2. The number of piperazine rings is 1. The van der Waals surface area contributed by atoms with Crippen molar-refractivity contribution in [2.45, 2.75) is 19.8 Å². The van der Waals surface area contributed by atoms with Crippen LogP contribution >= 0.6 is 0 Å². The van der Waals surface area contributed by atoms with Crippen molar-refractivity contribution in [2.24, 2.45) is 5.92 Å². The number of carbonyl (C=O) groups excluding carboxylic acids is 1. The highest BCUT2D eigenvalue weighted by Gasteiger charge is 2.23. The van der Waals surface area contributed by atoms with E-state index in [-0.39, 0.29) is 5.91 Å². The molecule has 0 aliphatic carbocycles. The van der Waals surface area contributed by atoms with Gasteiger partial charge in [-0.1, -0.05) is 25.1 Å². The first-order valence-corrected chi connectivity index (χ1v) is 9.87. The minimum atomic E-state index is 0.00912. The first-order chi connectivity index (χ1) is 13.2. The molecule has 1 aromatic carbocycles. The van der Waals surface area contributed by atoms with Crippen molar-refractivity contribution in [1.82, 2.24) is 14.9 Å². The number of carbonyl (C=O) groups is 1. The molecule has 1 amide bonds. The summed E-state index contributed by atoms with van der Waals surface area (Å²) in [5.74, 6) is 1.57. The van der Waals surface area contributed by atoms with Crippen molar-refractivity contribution >= 4 is 17.4 Å². The minimum absolute atomic E-state index is 0.00912. The smallest absolute Gasteiger partial charge is 0.274 e. The van der Waals surface area contributed by atoms with E-state index in [1.807, 2.05) is 11.0 Å². The average molecular weight is 365 g/mol. The van der Waals surface area contributed by atoms with Crippen LogP contribution in [-0.4, -0.2) is 60.0 Å². The van der Waals surface area contributed by atoms with Crippen molar-refractivity contribution in [3.63, 3.8) is 0 Å². The highest BCUT2D eigenvalue weighted by Crippen LogP contribution is 2.20. The highest BCUT2D eigenvalue weighted by molar-refractivity contribution is 5.92. The van der Waals surface area contributed by atoms with Gasteiger partial charge in [-0.3, -0.25) is 4.79 Å². The summed E-state index contributed by atoms with van der Waals surface area (Å²) in [6.45, 7) is 7.61. The van der Waals surface area contributed by atoms with Crippen LogP contribution in [0.5, 0.6) is 0 Å². The van der Waals surface area contributed by atoms with Crippen molar-refractivity contribution in [1.29, 1.82) is 0 Å². The fourth-order valence-corrected chi connectivity index (χ4v) is 3.80. The zero-order valence-electron chi connectivity index (χ0n) is 15.9. The molecule has 0 N–H and O–H groups in total. The molecular weight excluding hydrogens is 338 g/mol. The third-order valence-electron chi connectivity index (χ3n) is 5.65. The minimum Gasteiger partial charge on any atom is -0.368 e. The predicted molar refractivity (Wildman–Crippen MR) is 107 cm³/mol. The Bertz CT molecular complexity index is 748. The van der Waals surface area contributed by atoms with E-state index in [0.29, 0.717) is 11.6 Å². The van der Waals surface area contributed by atoms with Crippen LogP contribution in [0.4, 0.5) is 11.5 Å². The Hall–Kier alpha value is -2.63. The second kappa shape index (κ2) is 7.94. The van der Waals surface area contributed by atoms with Gasteiger partial charge in [0.1, 0.15) is 11.5 Å². The predicted octanol–water partition coefficient (Wildman–Crippen LogP) is 2.68. The van der Waals surface area contributed by atoms with Crippen LogP contribution in [0.3, 0.4) is 0 Å². The second-order valence-electron chi connectivity index (χ2n) is 7.54. The maximum Gasteiger partial charge on any atom is 0.274 e. The molecule has 2 aromatic rings. The standard InChI is InChI=1S/C21H27N5O/c1-17-7-9-26(10-8-17)21(27)19-15-23-20(16-22-19)25-13-11-24(12-14-25)18-5-3-2-4-6-18/h2-6,15-17H,7-14H2,1H3. The number of amides is 1. The third kappa shape index (κ3) is 4.04. The van der Waals surface area contributed by atoms with E-state index in [1.165, 1.54) is 5.69 Å². The molecule has 0 saturated carbocycles. The maximum atomic E-state index is 12.6. The molecule has 6 heteroatoms. The molecule has 2 saturated heterocycles. The Morgan fingerprint density at radius 2 is 1.56 bits per heavy atom. The molecule has 0 bridgehead atoms.